The molecule has 212 valence electrons. The molecule has 37 heavy (non-hydrogen) atoms. The summed E-state index contributed by atoms with van der Waals surface area (Å²) >= 11 is 2.09. The summed E-state index contributed by atoms with van der Waals surface area (Å²) in [4.78, 5) is 11.4. The molecule has 0 amide bonds. The second-order valence-electron chi connectivity index (χ2n) is 9.83. The highest BCUT2D eigenvalue weighted by atomic mass is 32.2. The van der Waals surface area contributed by atoms with Crippen molar-refractivity contribution in [1.82, 2.24) is 0 Å². The second-order valence-corrected chi connectivity index (χ2v) is 11.9. The average molecular weight is 557 g/mol. The highest BCUT2D eigenvalue weighted by Crippen LogP contribution is 2.30. The standard InChI is InChI=1S/C29H49O6PS/c1-4-6-17-26(25-18-13-11-14-19-25)20-23-37-22-15-10-8-7-9-12-16-24(3)35-28(34-21-5-2)29(32,36-33)27(30)31/h11,13-14,18-19,24,26,28,32H,4-10,12,15-17,20-23H2,1-3H3,(H,30,31). The number of hydrogen-bond donors (Lipinski definition) is 2. The van der Waals surface area contributed by atoms with E-state index < -0.39 is 26.1 Å². The Morgan fingerprint density at radius 1 is 0.946 bits per heavy atom. The second kappa shape index (κ2) is 20.9. The van der Waals surface area contributed by atoms with Crippen LogP contribution < -0.4 is 0 Å². The number of hydrogen-bond acceptors (Lipinski definition) is 6. The third-order valence-corrected chi connectivity index (χ3v) is 8.33. The van der Waals surface area contributed by atoms with Gasteiger partial charge in [0.15, 0.2) is 0 Å². The van der Waals surface area contributed by atoms with Gasteiger partial charge in [-0.15, -0.1) is 0 Å². The Hall–Kier alpha value is -0.980. The van der Waals surface area contributed by atoms with Gasteiger partial charge in [0.1, 0.15) is 0 Å². The van der Waals surface area contributed by atoms with Gasteiger partial charge in [-0.2, -0.15) is 11.8 Å². The van der Waals surface area contributed by atoms with Gasteiger partial charge in [0.2, 0.25) is 14.8 Å². The summed E-state index contributed by atoms with van der Waals surface area (Å²) in [6.45, 7) is 6.17. The van der Waals surface area contributed by atoms with Gasteiger partial charge in [0.05, 0.1) is 6.10 Å². The first-order chi connectivity index (χ1) is 17.9. The summed E-state index contributed by atoms with van der Waals surface area (Å²) < 4.78 is 22.4. The maximum absolute atomic E-state index is 11.4. The SMILES string of the molecule is CCCCC(CCSCCCCCCCCC(C)OC(OCCC)C(O)(P=O)C(=O)O)c1ccccc1. The number of ether oxygens (including phenoxy) is 2. The molecule has 0 aliphatic heterocycles. The van der Waals surface area contributed by atoms with E-state index in [4.69, 9.17) is 9.47 Å². The van der Waals surface area contributed by atoms with Crippen LogP contribution in [0.3, 0.4) is 0 Å². The summed E-state index contributed by atoms with van der Waals surface area (Å²) in [7, 11) is -0.949. The maximum Gasteiger partial charge on any atom is 0.353 e. The topological polar surface area (TPSA) is 93.1 Å². The van der Waals surface area contributed by atoms with Gasteiger partial charge in [-0.1, -0.05) is 89.1 Å². The molecule has 0 spiro atoms. The van der Waals surface area contributed by atoms with E-state index in [0.717, 1.165) is 19.3 Å². The Balaban J connectivity index is 2.16. The van der Waals surface area contributed by atoms with Crippen LogP contribution in [0.5, 0.6) is 0 Å². The molecule has 0 saturated carbocycles. The molecule has 4 unspecified atom stereocenters. The van der Waals surface area contributed by atoms with Crippen LogP contribution in [0, 0.1) is 0 Å². The predicted molar refractivity (Wildman–Crippen MR) is 154 cm³/mol. The molecular formula is C29H49O6PS. The van der Waals surface area contributed by atoms with Crippen molar-refractivity contribution in [1.29, 1.82) is 0 Å². The van der Waals surface area contributed by atoms with Gasteiger partial charge in [-0.3, -0.25) is 4.57 Å². The first-order valence-corrected chi connectivity index (χ1v) is 16.1. The lowest BCUT2D eigenvalue weighted by Crippen LogP contribution is -2.48. The lowest BCUT2D eigenvalue weighted by atomic mass is 9.91. The molecule has 0 aromatic heterocycles. The maximum atomic E-state index is 11.4. The zero-order valence-corrected chi connectivity index (χ0v) is 24.8. The van der Waals surface area contributed by atoms with Crippen LogP contribution in [0.25, 0.3) is 0 Å². The molecule has 4 atom stereocenters. The van der Waals surface area contributed by atoms with Gasteiger partial charge in [0.25, 0.3) is 5.34 Å². The Morgan fingerprint density at radius 3 is 2.24 bits per heavy atom. The van der Waals surface area contributed by atoms with Crippen molar-refractivity contribution in [2.75, 3.05) is 18.1 Å². The van der Waals surface area contributed by atoms with Crippen LogP contribution in [0.4, 0.5) is 0 Å². The molecule has 2 N–H and O–H groups in total. The van der Waals surface area contributed by atoms with Crippen molar-refractivity contribution in [2.24, 2.45) is 0 Å². The van der Waals surface area contributed by atoms with E-state index in [0.29, 0.717) is 12.3 Å². The number of rotatable bonds is 24. The number of unbranched alkanes of at least 4 members (excludes halogenated alkanes) is 6. The molecule has 0 aliphatic carbocycles. The quantitative estimate of drug-likeness (QED) is 0.0756. The van der Waals surface area contributed by atoms with E-state index in [2.05, 4.69) is 49.0 Å². The van der Waals surface area contributed by atoms with E-state index in [1.54, 1.807) is 0 Å². The van der Waals surface area contributed by atoms with E-state index in [9.17, 15) is 19.6 Å². The summed E-state index contributed by atoms with van der Waals surface area (Å²) in [6.07, 6.45) is 11.6. The number of thioether (sulfide) groups is 1. The summed E-state index contributed by atoms with van der Waals surface area (Å²) in [5.41, 5.74) is 1.49. The molecule has 6 nitrogen and oxygen atoms in total. The summed E-state index contributed by atoms with van der Waals surface area (Å²) in [5.74, 6) is 1.52. The van der Waals surface area contributed by atoms with Crippen LogP contribution >= 0.6 is 20.2 Å². The van der Waals surface area contributed by atoms with Gasteiger partial charge in [-0.25, -0.2) is 4.79 Å². The fourth-order valence-corrected chi connectivity index (χ4v) is 5.62. The average Bonchev–Trinajstić information content (AvgIpc) is 2.91. The molecule has 0 radical (unpaired) electrons. The van der Waals surface area contributed by atoms with E-state index in [-0.39, 0.29) is 12.7 Å². The molecular weight excluding hydrogens is 507 g/mol. The third-order valence-electron chi connectivity index (χ3n) is 6.55. The van der Waals surface area contributed by atoms with Crippen LogP contribution in [0.1, 0.15) is 109 Å². The first-order valence-electron chi connectivity index (χ1n) is 14.1. The fraction of sp³-hybridized carbons (Fsp3) is 0.759. The number of aliphatic carboxylic acids is 1. The molecule has 0 heterocycles. The Bertz CT molecular complexity index is 722. The Kier molecular flexibility index (Phi) is 19.2. The van der Waals surface area contributed by atoms with Crippen molar-refractivity contribution >= 4 is 26.2 Å². The van der Waals surface area contributed by atoms with Gasteiger partial charge in [0, 0.05) is 6.61 Å². The molecule has 1 aromatic carbocycles. The Morgan fingerprint density at radius 2 is 1.62 bits per heavy atom. The third kappa shape index (κ3) is 14.1. The molecule has 0 aliphatic rings. The molecule has 1 rings (SSSR count). The van der Waals surface area contributed by atoms with E-state index in [1.165, 1.54) is 68.4 Å². The van der Waals surface area contributed by atoms with E-state index >= 15 is 0 Å². The minimum absolute atomic E-state index is 0.216. The van der Waals surface area contributed by atoms with Crippen molar-refractivity contribution in [3.63, 3.8) is 0 Å². The van der Waals surface area contributed by atoms with Gasteiger partial charge in [-0.05, 0) is 62.0 Å². The minimum atomic E-state index is -2.60. The van der Waals surface area contributed by atoms with Gasteiger partial charge < -0.3 is 19.7 Å². The predicted octanol–water partition coefficient (Wildman–Crippen LogP) is 8.04. The molecule has 0 fully saturated rings. The number of carboxylic acids is 1. The fourth-order valence-electron chi connectivity index (χ4n) is 4.26. The lowest BCUT2D eigenvalue weighted by Gasteiger charge is -2.29. The van der Waals surface area contributed by atoms with Crippen LogP contribution in [-0.4, -0.2) is 52.0 Å². The number of carbonyl (C=O) groups is 1. The van der Waals surface area contributed by atoms with Crippen LogP contribution in [0.15, 0.2) is 30.3 Å². The zero-order valence-electron chi connectivity index (χ0n) is 23.1. The van der Waals surface area contributed by atoms with Crippen molar-refractivity contribution in [2.45, 2.75) is 121 Å². The number of benzene rings is 1. The monoisotopic (exact) mass is 556 g/mol. The largest absolute Gasteiger partial charge is 0.478 e. The van der Waals surface area contributed by atoms with Crippen LogP contribution in [-0.2, 0) is 18.8 Å². The van der Waals surface area contributed by atoms with Crippen molar-refractivity contribution < 1.29 is 29.0 Å². The highest BCUT2D eigenvalue weighted by Gasteiger charge is 2.48. The normalized spacial score (nSPS) is 15.8. The molecule has 8 heteroatoms. The summed E-state index contributed by atoms with van der Waals surface area (Å²) in [6, 6.07) is 11.0. The van der Waals surface area contributed by atoms with Crippen LogP contribution in [0.2, 0.25) is 0 Å². The van der Waals surface area contributed by atoms with E-state index in [1.807, 2.05) is 13.8 Å². The number of carboxylic acid groups (broad SMARTS) is 1. The molecule has 0 saturated heterocycles. The van der Waals surface area contributed by atoms with Gasteiger partial charge >= 0.3 is 5.97 Å². The minimum Gasteiger partial charge on any atom is -0.478 e. The zero-order chi connectivity index (χ0) is 27.4. The molecule has 0 bridgehead atoms. The lowest BCUT2D eigenvalue weighted by molar-refractivity contribution is -0.231. The summed E-state index contributed by atoms with van der Waals surface area (Å²) in [5, 5.41) is 16.9. The molecule has 1 aromatic rings. The van der Waals surface area contributed by atoms with Crippen molar-refractivity contribution in [3.05, 3.63) is 35.9 Å². The highest BCUT2D eigenvalue weighted by molar-refractivity contribution is 7.99. The number of aliphatic hydroxyl groups is 1. The first kappa shape index (κ1) is 34.0. The Labute approximate surface area is 230 Å². The van der Waals surface area contributed by atoms with Crippen molar-refractivity contribution in [3.8, 4) is 0 Å². The smallest absolute Gasteiger partial charge is 0.353 e.